The minimum atomic E-state index is -0.304. The number of amidine groups is 1. The summed E-state index contributed by atoms with van der Waals surface area (Å²) in [6.45, 7) is 0. The van der Waals surface area contributed by atoms with E-state index in [9.17, 15) is 4.39 Å². The molecule has 4 rings (SSSR count). The number of benzene rings is 2. The van der Waals surface area contributed by atoms with Crippen LogP contribution in [0, 0.1) is 5.82 Å². The minimum absolute atomic E-state index is 0.304. The van der Waals surface area contributed by atoms with Crippen LogP contribution < -0.4 is 5.43 Å². The number of aliphatic imine (C=N–C) groups is 1. The summed E-state index contributed by atoms with van der Waals surface area (Å²) in [5.41, 5.74) is 5.99. The van der Waals surface area contributed by atoms with Crippen molar-refractivity contribution in [2.24, 2.45) is 10.1 Å². The molecule has 0 atom stereocenters. The first-order valence-electron chi connectivity index (χ1n) is 7.13. The minimum Gasteiger partial charge on any atom is -0.260 e. The molecule has 0 unspecified atom stereocenters. The highest BCUT2D eigenvalue weighted by Crippen LogP contribution is 2.27. The molecule has 23 heavy (non-hydrogen) atoms. The molecular weight excluding hydrogens is 309 g/mol. The molecule has 112 valence electrons. The van der Waals surface area contributed by atoms with E-state index in [1.807, 2.05) is 47.8 Å². The van der Waals surface area contributed by atoms with Gasteiger partial charge in [0.2, 0.25) is 0 Å². The Labute approximate surface area is 136 Å². The molecule has 0 radical (unpaired) electrons. The van der Waals surface area contributed by atoms with Gasteiger partial charge in [-0.1, -0.05) is 36.4 Å². The van der Waals surface area contributed by atoms with E-state index >= 15 is 0 Å². The quantitative estimate of drug-likeness (QED) is 0.750. The molecule has 0 spiro atoms. The van der Waals surface area contributed by atoms with Crippen molar-refractivity contribution in [2.45, 2.75) is 0 Å². The molecule has 0 saturated carbocycles. The third kappa shape index (κ3) is 2.66. The fourth-order valence-corrected chi connectivity index (χ4v) is 3.11. The fraction of sp³-hybridized carbons (Fsp3) is 0. The summed E-state index contributed by atoms with van der Waals surface area (Å²) in [4.78, 5) is 5.62. The van der Waals surface area contributed by atoms with Crippen LogP contribution in [0.25, 0.3) is 0 Å². The van der Waals surface area contributed by atoms with Crippen LogP contribution in [0.5, 0.6) is 0 Å². The van der Waals surface area contributed by atoms with Gasteiger partial charge in [-0.05, 0) is 29.6 Å². The molecule has 1 aliphatic rings. The molecule has 0 bridgehead atoms. The summed E-state index contributed by atoms with van der Waals surface area (Å²) in [6.07, 6.45) is 0. The van der Waals surface area contributed by atoms with Gasteiger partial charge in [0, 0.05) is 11.1 Å². The van der Waals surface area contributed by atoms with Gasteiger partial charge in [-0.15, -0.1) is 11.3 Å². The van der Waals surface area contributed by atoms with Crippen LogP contribution in [0.2, 0.25) is 0 Å². The standard InChI is InChI=1S/C18H12FN3S/c19-13-8-9-15-14(11-13)17(12-5-2-1-3-6-12)21-22-18(20-15)16-7-4-10-23-16/h1-11H,(H,20,22). The van der Waals surface area contributed by atoms with E-state index in [0.29, 0.717) is 22.8 Å². The summed E-state index contributed by atoms with van der Waals surface area (Å²) in [5, 5.41) is 6.47. The van der Waals surface area contributed by atoms with Crippen LogP contribution >= 0.6 is 11.3 Å². The van der Waals surface area contributed by atoms with E-state index in [0.717, 1.165) is 10.4 Å². The van der Waals surface area contributed by atoms with E-state index < -0.39 is 0 Å². The second kappa shape index (κ2) is 5.78. The van der Waals surface area contributed by atoms with Crippen molar-refractivity contribution in [2.75, 3.05) is 0 Å². The molecule has 1 N–H and O–H groups in total. The van der Waals surface area contributed by atoms with Gasteiger partial charge in [0.1, 0.15) is 11.5 Å². The molecular formula is C18H12FN3S. The van der Waals surface area contributed by atoms with Crippen molar-refractivity contribution >= 4 is 28.6 Å². The molecule has 3 nitrogen and oxygen atoms in total. The van der Waals surface area contributed by atoms with Crippen molar-refractivity contribution in [3.8, 4) is 0 Å². The highest BCUT2D eigenvalue weighted by Gasteiger charge is 2.18. The van der Waals surface area contributed by atoms with Gasteiger partial charge in [-0.25, -0.2) is 9.38 Å². The topological polar surface area (TPSA) is 36.8 Å². The number of thiophene rings is 1. The first-order chi connectivity index (χ1) is 11.3. The van der Waals surface area contributed by atoms with Crippen LogP contribution in [0.4, 0.5) is 10.1 Å². The predicted molar refractivity (Wildman–Crippen MR) is 92.1 cm³/mol. The first kappa shape index (κ1) is 13.8. The van der Waals surface area contributed by atoms with Gasteiger partial charge >= 0.3 is 0 Å². The smallest absolute Gasteiger partial charge is 0.164 e. The van der Waals surface area contributed by atoms with Gasteiger partial charge in [-0.3, -0.25) is 5.43 Å². The van der Waals surface area contributed by atoms with Crippen molar-refractivity contribution in [3.63, 3.8) is 0 Å². The molecule has 0 amide bonds. The Morgan fingerprint density at radius 2 is 1.83 bits per heavy atom. The average molecular weight is 321 g/mol. The van der Waals surface area contributed by atoms with Crippen molar-refractivity contribution in [3.05, 3.63) is 87.9 Å². The first-order valence-corrected chi connectivity index (χ1v) is 8.01. The zero-order valence-corrected chi connectivity index (χ0v) is 12.8. The second-order valence-electron chi connectivity index (χ2n) is 5.04. The van der Waals surface area contributed by atoms with Crippen molar-refractivity contribution in [1.82, 2.24) is 5.43 Å². The van der Waals surface area contributed by atoms with E-state index in [1.54, 1.807) is 17.4 Å². The summed E-state index contributed by atoms with van der Waals surface area (Å²) in [7, 11) is 0. The number of rotatable bonds is 2. The van der Waals surface area contributed by atoms with E-state index in [-0.39, 0.29) is 5.82 Å². The summed E-state index contributed by atoms with van der Waals surface area (Å²) >= 11 is 1.58. The van der Waals surface area contributed by atoms with Crippen LogP contribution in [0.3, 0.4) is 0 Å². The lowest BCUT2D eigenvalue weighted by atomic mass is 10.0. The summed E-state index contributed by atoms with van der Waals surface area (Å²) in [6, 6.07) is 18.2. The molecule has 2 aromatic carbocycles. The maximum atomic E-state index is 13.8. The third-order valence-corrected chi connectivity index (χ3v) is 4.40. The van der Waals surface area contributed by atoms with Crippen LogP contribution in [0.1, 0.15) is 16.0 Å². The van der Waals surface area contributed by atoms with Crippen LogP contribution in [-0.4, -0.2) is 11.5 Å². The van der Waals surface area contributed by atoms with Gasteiger partial charge in [0.25, 0.3) is 0 Å². The van der Waals surface area contributed by atoms with E-state index in [2.05, 4.69) is 15.5 Å². The summed E-state index contributed by atoms with van der Waals surface area (Å²) in [5.74, 6) is 0.362. The number of nitrogens with one attached hydrogen (secondary N) is 1. The number of halogens is 1. The SMILES string of the molecule is Fc1ccc2c(c1)C(c1ccccc1)=NNC(c1cccs1)=N2. The third-order valence-electron chi connectivity index (χ3n) is 3.52. The average Bonchev–Trinajstić information content (AvgIpc) is 3.05. The highest BCUT2D eigenvalue weighted by atomic mass is 32.1. The largest absolute Gasteiger partial charge is 0.260 e. The molecule has 3 aromatic rings. The lowest BCUT2D eigenvalue weighted by molar-refractivity contribution is 0.627. The monoisotopic (exact) mass is 321 g/mol. The van der Waals surface area contributed by atoms with Gasteiger partial charge in [0.15, 0.2) is 5.84 Å². The maximum absolute atomic E-state index is 13.8. The Hall–Kier alpha value is -2.79. The Morgan fingerprint density at radius 3 is 2.61 bits per heavy atom. The van der Waals surface area contributed by atoms with E-state index in [1.165, 1.54) is 12.1 Å². The fourth-order valence-electron chi connectivity index (χ4n) is 2.45. The maximum Gasteiger partial charge on any atom is 0.164 e. The second-order valence-corrected chi connectivity index (χ2v) is 5.99. The Kier molecular flexibility index (Phi) is 3.48. The number of hydrazone groups is 1. The molecule has 1 aromatic heterocycles. The van der Waals surface area contributed by atoms with Gasteiger partial charge in [0.05, 0.1) is 10.6 Å². The van der Waals surface area contributed by atoms with Crippen molar-refractivity contribution < 1.29 is 4.39 Å². The number of hydrogen-bond acceptors (Lipinski definition) is 4. The predicted octanol–water partition coefficient (Wildman–Crippen LogP) is 4.32. The summed E-state index contributed by atoms with van der Waals surface area (Å²) < 4.78 is 13.8. The molecule has 0 aliphatic carbocycles. The Bertz CT molecular complexity index is 899. The van der Waals surface area contributed by atoms with Crippen LogP contribution in [0.15, 0.2) is 76.1 Å². The highest BCUT2D eigenvalue weighted by molar-refractivity contribution is 7.12. The molecule has 1 aliphatic heterocycles. The molecule has 0 saturated heterocycles. The van der Waals surface area contributed by atoms with Crippen LogP contribution in [-0.2, 0) is 0 Å². The number of fused-ring (bicyclic) bond motifs is 1. The Balaban J connectivity index is 1.90. The van der Waals surface area contributed by atoms with Gasteiger partial charge < -0.3 is 0 Å². The van der Waals surface area contributed by atoms with Crippen molar-refractivity contribution in [1.29, 1.82) is 0 Å². The lowest BCUT2D eigenvalue weighted by Gasteiger charge is -2.07. The van der Waals surface area contributed by atoms with E-state index in [4.69, 9.17) is 0 Å². The normalized spacial score (nSPS) is 13.4. The Morgan fingerprint density at radius 1 is 0.957 bits per heavy atom. The molecule has 2 heterocycles. The number of hydrogen-bond donors (Lipinski definition) is 1. The van der Waals surface area contributed by atoms with Gasteiger partial charge in [-0.2, -0.15) is 5.10 Å². The number of nitrogens with zero attached hydrogens (tertiary/aromatic N) is 2. The zero-order chi connectivity index (χ0) is 15.6. The molecule has 0 fully saturated rings. The zero-order valence-electron chi connectivity index (χ0n) is 12.0. The lowest BCUT2D eigenvalue weighted by Crippen LogP contribution is -2.18. The molecule has 5 heteroatoms.